The van der Waals surface area contributed by atoms with Crippen molar-refractivity contribution in [3.05, 3.63) is 11.8 Å². The Kier molecular flexibility index (Phi) is 36.4. The molecule has 0 aromatic heterocycles. The fraction of sp³-hybridized carbons (Fsp3) is 0.725. The summed E-state index contributed by atoms with van der Waals surface area (Å²) >= 11 is 5.89. The number of carboxylic acids is 2. The van der Waals surface area contributed by atoms with E-state index in [0.717, 1.165) is 64.4 Å². The van der Waals surface area contributed by atoms with Crippen LogP contribution in [0.1, 0.15) is 130 Å². The molecular formula is C51H87ClN12O19. The van der Waals surface area contributed by atoms with Crippen LogP contribution in [0.25, 0.3) is 0 Å². The molecule has 9 amide bonds. The molecule has 21 N–H and O–H groups in total. The van der Waals surface area contributed by atoms with Crippen LogP contribution in [0.5, 0.6) is 0 Å². The molecule has 1 fully saturated rings. The van der Waals surface area contributed by atoms with E-state index >= 15 is 0 Å². The standard InChI is InChI=1S/C51H87ClN12O19/c1-4-6-7-8-9-10-11-12-13-16-28(66)23-36(68)56-34-26-83-51(82)39(35(67)25-52)63-42(72)29(5-2)57-48(78)38(27(3)65)62-45(75)32(19-22-55)60-49(79)40(41(71)50(80)81)64-44(74)30(17-14-15-20-53)58-46(76)33(24-37(69)70)61-43(73)31(18-21-54)59-47(34)77/h5,27-28,30-35,38-41,65-67,71H,4,6-26,53-55H2,1-3H3,(H,56,68)(H,57,78)(H,58,76)(H,59,77)(H,60,79)(H,61,73)(H,62,75)(H,63,72)(H,64,74)(H,69,70)(H,80,81)/b29-5+/t27-,28+,30?,31?,32-,33-,34?,35+,38?,39?,40?,41-/m0/s1. The van der Waals surface area contributed by atoms with Gasteiger partial charge in [-0.05, 0) is 72.0 Å². The second kappa shape index (κ2) is 40.6. The number of cyclic esters (lactones) is 1. The van der Waals surface area contributed by atoms with Crippen LogP contribution in [0, 0.1) is 0 Å². The van der Waals surface area contributed by atoms with Crippen molar-refractivity contribution in [2.75, 3.05) is 32.1 Å². The molecule has 0 bridgehead atoms. The molecule has 0 saturated carbocycles. The van der Waals surface area contributed by atoms with E-state index < -0.39 is 188 Å². The summed E-state index contributed by atoms with van der Waals surface area (Å²) in [5, 5.41) is 82.2. The number of allylic oxidation sites excluding steroid dienone is 1. The van der Waals surface area contributed by atoms with Crippen LogP contribution in [0.2, 0.25) is 0 Å². The van der Waals surface area contributed by atoms with Gasteiger partial charge in [-0.2, -0.15) is 0 Å². The van der Waals surface area contributed by atoms with Crippen molar-refractivity contribution in [1.82, 2.24) is 47.9 Å². The Morgan fingerprint density at radius 3 is 1.65 bits per heavy atom. The van der Waals surface area contributed by atoms with Gasteiger partial charge < -0.3 is 100 Å². The molecule has 83 heavy (non-hydrogen) atoms. The minimum atomic E-state index is -2.77. The first-order valence-electron chi connectivity index (χ1n) is 27.7. The molecule has 1 aliphatic heterocycles. The molecule has 31 nitrogen and oxygen atoms in total. The van der Waals surface area contributed by atoms with Gasteiger partial charge in [0.05, 0.1) is 37.0 Å². The van der Waals surface area contributed by atoms with E-state index in [2.05, 4.69) is 49.5 Å². The molecule has 0 radical (unpaired) electrons. The van der Waals surface area contributed by atoms with Crippen molar-refractivity contribution in [1.29, 1.82) is 0 Å². The Bertz CT molecular complexity index is 2190. The second-order valence-electron chi connectivity index (χ2n) is 19.9. The summed E-state index contributed by atoms with van der Waals surface area (Å²) in [5.74, 6) is -17.7. The second-order valence-corrected chi connectivity index (χ2v) is 20.2. The average molecular weight is 1210 g/mol. The number of aliphatic hydroxyl groups excluding tert-OH is 4. The SMILES string of the molecule is C/C=C1/NC(=O)C([C@H](C)O)NC(=O)[C@H](CCN)NC(=O)C([C@H](O)C(=O)O)NC(=O)C(CCCCN)NC(=O)[C@H](CC(=O)O)NC(=O)C(CCN)NC(=O)C(NC(=O)C[C@H](O)CCCCCCCCCCC)COC(=O)C([C@H](O)CCl)NC1=O. The Morgan fingerprint density at radius 1 is 0.627 bits per heavy atom. The number of unbranched alkanes of at least 4 members (excludes halogenated alkanes) is 9. The Hall–Kier alpha value is -6.61. The van der Waals surface area contributed by atoms with Gasteiger partial charge in [0.2, 0.25) is 47.3 Å². The lowest BCUT2D eigenvalue weighted by molar-refractivity contribution is -0.153. The highest BCUT2D eigenvalue weighted by molar-refractivity contribution is 6.18. The van der Waals surface area contributed by atoms with Crippen LogP contribution in [0.3, 0.4) is 0 Å². The summed E-state index contributed by atoms with van der Waals surface area (Å²) in [4.78, 5) is 162. The molecule has 0 aromatic rings. The van der Waals surface area contributed by atoms with Gasteiger partial charge in [0.25, 0.3) is 5.91 Å². The third-order valence-corrected chi connectivity index (χ3v) is 13.3. The lowest BCUT2D eigenvalue weighted by Gasteiger charge is -2.29. The number of carbonyl (C=O) groups excluding carboxylic acids is 10. The van der Waals surface area contributed by atoms with Gasteiger partial charge in [-0.15, -0.1) is 11.6 Å². The predicted octanol–water partition coefficient (Wildman–Crippen LogP) is -5.16. The minimum absolute atomic E-state index is 0.0456. The topological polar surface area (TPSA) is 522 Å². The Balaban J connectivity index is 3.99. The van der Waals surface area contributed by atoms with Gasteiger partial charge in [0.1, 0.15) is 54.6 Å². The normalized spacial score (nSPS) is 24.5. The number of rotatable bonds is 28. The molecule has 472 valence electrons. The molecule has 1 aliphatic rings. The molecule has 6 unspecified atom stereocenters. The molecule has 1 saturated heterocycles. The van der Waals surface area contributed by atoms with Crippen molar-refractivity contribution in [3.8, 4) is 0 Å². The monoisotopic (exact) mass is 1210 g/mol. The highest BCUT2D eigenvalue weighted by Gasteiger charge is 2.40. The summed E-state index contributed by atoms with van der Waals surface area (Å²) in [6.07, 6.45) is -0.472. The summed E-state index contributed by atoms with van der Waals surface area (Å²) in [5.41, 5.74) is 16.4. The zero-order valence-corrected chi connectivity index (χ0v) is 47.9. The number of carbonyl (C=O) groups is 12. The Morgan fingerprint density at radius 2 is 1.13 bits per heavy atom. The van der Waals surface area contributed by atoms with Gasteiger partial charge in [0, 0.05) is 0 Å². The number of aliphatic hydroxyl groups is 4. The van der Waals surface area contributed by atoms with Crippen LogP contribution >= 0.6 is 11.6 Å². The number of hydrogen-bond acceptors (Lipinski definition) is 20. The van der Waals surface area contributed by atoms with Crippen LogP contribution in [-0.4, -0.2) is 207 Å². The minimum Gasteiger partial charge on any atom is -0.481 e. The van der Waals surface area contributed by atoms with Gasteiger partial charge in [-0.1, -0.05) is 70.8 Å². The quantitative estimate of drug-likeness (QED) is 0.0151. The van der Waals surface area contributed by atoms with Crippen LogP contribution in [0.4, 0.5) is 0 Å². The zero-order valence-electron chi connectivity index (χ0n) is 47.2. The molecule has 1 heterocycles. The number of nitrogens with two attached hydrogens (primary N) is 3. The van der Waals surface area contributed by atoms with Crippen LogP contribution in [0.15, 0.2) is 11.8 Å². The lowest BCUT2D eigenvalue weighted by Crippen LogP contribution is -2.63. The molecule has 12 atom stereocenters. The van der Waals surface area contributed by atoms with E-state index in [-0.39, 0.29) is 45.3 Å². The maximum atomic E-state index is 14.1. The maximum absolute atomic E-state index is 14.1. The van der Waals surface area contributed by atoms with Crippen LogP contribution in [-0.2, 0) is 62.3 Å². The van der Waals surface area contributed by atoms with E-state index in [0.29, 0.717) is 6.42 Å². The van der Waals surface area contributed by atoms with Gasteiger partial charge >= 0.3 is 17.9 Å². The number of hydrogen-bond donors (Lipinski definition) is 18. The van der Waals surface area contributed by atoms with E-state index in [1.165, 1.54) is 6.92 Å². The summed E-state index contributed by atoms with van der Waals surface area (Å²) in [6, 6.07) is -16.0. The molecule has 32 heteroatoms. The van der Waals surface area contributed by atoms with Crippen molar-refractivity contribution in [3.63, 3.8) is 0 Å². The lowest BCUT2D eigenvalue weighted by atomic mass is 10.0. The summed E-state index contributed by atoms with van der Waals surface area (Å²) < 4.78 is 5.33. The molecular weight excluding hydrogens is 1120 g/mol. The van der Waals surface area contributed by atoms with Gasteiger partial charge in [-0.3, -0.25) is 47.9 Å². The smallest absolute Gasteiger partial charge is 0.335 e. The fourth-order valence-corrected chi connectivity index (χ4v) is 8.41. The third-order valence-electron chi connectivity index (χ3n) is 13.0. The average Bonchev–Trinajstić information content (AvgIpc) is 3.51. The van der Waals surface area contributed by atoms with E-state index in [1.54, 1.807) is 0 Å². The number of nitrogens with one attached hydrogen (secondary N) is 9. The number of amides is 9. The molecule has 1 rings (SSSR count). The van der Waals surface area contributed by atoms with E-state index in [4.69, 9.17) is 33.5 Å². The third kappa shape index (κ3) is 28.0. The zero-order chi connectivity index (χ0) is 62.8. The first kappa shape index (κ1) is 74.4. The first-order chi connectivity index (χ1) is 39.3. The van der Waals surface area contributed by atoms with Crippen molar-refractivity contribution in [2.24, 2.45) is 17.2 Å². The van der Waals surface area contributed by atoms with Crippen molar-refractivity contribution < 1.29 is 92.9 Å². The largest absolute Gasteiger partial charge is 0.481 e. The number of esters is 1. The highest BCUT2D eigenvalue weighted by atomic mass is 35.5. The summed E-state index contributed by atoms with van der Waals surface area (Å²) in [6.45, 7) is 2.58. The van der Waals surface area contributed by atoms with E-state index in [9.17, 15) is 88.2 Å². The molecule has 0 aromatic carbocycles. The predicted molar refractivity (Wildman–Crippen MR) is 295 cm³/mol. The number of carboxylic acid groups (broad SMARTS) is 2. The Labute approximate surface area is 485 Å². The molecule has 0 spiro atoms. The highest BCUT2D eigenvalue weighted by Crippen LogP contribution is 2.14. The first-order valence-corrected chi connectivity index (χ1v) is 28.2. The number of aliphatic carboxylic acids is 2. The number of halogens is 1. The fourth-order valence-electron chi connectivity index (χ4n) is 8.23. The molecule has 0 aliphatic carbocycles. The van der Waals surface area contributed by atoms with Crippen molar-refractivity contribution in [2.45, 2.75) is 203 Å². The number of ether oxygens (including phenoxy) is 1. The summed E-state index contributed by atoms with van der Waals surface area (Å²) in [7, 11) is 0. The van der Waals surface area contributed by atoms with E-state index in [1.807, 2.05) is 5.32 Å². The van der Waals surface area contributed by atoms with Crippen molar-refractivity contribution >= 4 is 82.7 Å². The van der Waals surface area contributed by atoms with Gasteiger partial charge in [0.15, 0.2) is 12.1 Å². The van der Waals surface area contributed by atoms with Crippen LogP contribution < -0.4 is 65.1 Å². The number of alkyl halides is 1. The van der Waals surface area contributed by atoms with Gasteiger partial charge in [-0.25, -0.2) is 9.59 Å². The maximum Gasteiger partial charge on any atom is 0.335 e.